The lowest BCUT2D eigenvalue weighted by Gasteiger charge is -2.39. The number of aromatic nitrogens is 3. The predicted octanol–water partition coefficient (Wildman–Crippen LogP) is 3.35. The first kappa shape index (κ1) is 26.0. The summed E-state index contributed by atoms with van der Waals surface area (Å²) in [5, 5.41) is 1.90. The van der Waals surface area contributed by atoms with Gasteiger partial charge in [-0.15, -0.1) is 0 Å². The maximum Gasteiger partial charge on any atom is 0.405 e. The smallest absolute Gasteiger partial charge is 0.365 e. The molecule has 2 atom stereocenters. The Morgan fingerprint density at radius 1 is 1.05 bits per heavy atom. The molecule has 0 unspecified atom stereocenters. The van der Waals surface area contributed by atoms with Gasteiger partial charge in [0.05, 0.1) is 16.6 Å². The minimum Gasteiger partial charge on any atom is -0.365 e. The van der Waals surface area contributed by atoms with Crippen molar-refractivity contribution in [3.8, 4) is 0 Å². The van der Waals surface area contributed by atoms with Crippen LogP contribution < -0.4 is 15.8 Å². The monoisotopic (exact) mass is 536 g/mol. The number of carbonyl (C=O) groups is 1. The number of nitrogens with zero attached hydrogens (tertiary/aromatic N) is 4. The largest absolute Gasteiger partial charge is 0.405 e. The first-order valence-electron chi connectivity index (χ1n) is 12.3. The van der Waals surface area contributed by atoms with Crippen LogP contribution in [0.4, 0.5) is 27.6 Å². The van der Waals surface area contributed by atoms with Gasteiger partial charge in [0.1, 0.15) is 23.9 Å². The average molecular weight is 537 g/mol. The third-order valence-electron chi connectivity index (χ3n) is 7.16. The van der Waals surface area contributed by atoms with Crippen LogP contribution in [-0.2, 0) is 0 Å². The van der Waals surface area contributed by atoms with E-state index in [0.717, 1.165) is 19.3 Å². The molecule has 2 N–H and O–H groups in total. The number of H-pyrrole nitrogens is 1. The zero-order chi connectivity index (χ0) is 27.0. The molecule has 1 aliphatic heterocycles. The fourth-order valence-electron chi connectivity index (χ4n) is 5.25. The number of piperazine rings is 1. The van der Waals surface area contributed by atoms with Crippen LogP contribution in [-0.4, -0.2) is 70.7 Å². The van der Waals surface area contributed by atoms with Crippen molar-refractivity contribution in [1.29, 1.82) is 0 Å². The second kappa shape index (κ2) is 10.3. The molecular formula is C25H25F5N6O2. The van der Waals surface area contributed by atoms with E-state index < -0.39 is 36.1 Å². The molecule has 2 aliphatic rings. The molecule has 2 aromatic heterocycles. The van der Waals surface area contributed by atoms with E-state index in [1.807, 2.05) is 0 Å². The molecule has 1 aliphatic carbocycles. The number of rotatable bonds is 5. The Labute approximate surface area is 213 Å². The van der Waals surface area contributed by atoms with Crippen molar-refractivity contribution in [2.45, 2.75) is 37.4 Å². The summed E-state index contributed by atoms with van der Waals surface area (Å²) in [6.45, 7) is 0.817. The van der Waals surface area contributed by atoms with Crippen molar-refractivity contribution in [2.75, 3.05) is 37.6 Å². The number of alkyl halides is 3. The lowest BCUT2D eigenvalue weighted by atomic mass is 10.1. The van der Waals surface area contributed by atoms with Crippen LogP contribution in [0.5, 0.6) is 0 Å². The van der Waals surface area contributed by atoms with E-state index in [-0.39, 0.29) is 28.6 Å². The Hall–Kier alpha value is -3.61. The third kappa shape index (κ3) is 5.62. The van der Waals surface area contributed by atoms with Crippen LogP contribution in [0.25, 0.3) is 10.9 Å². The number of hydrogen-bond donors (Lipinski definition) is 2. The number of carbonyl (C=O) groups excluding carboxylic acids is 1. The minimum atomic E-state index is -4.57. The number of amides is 1. The van der Waals surface area contributed by atoms with Gasteiger partial charge in [-0.1, -0.05) is 0 Å². The van der Waals surface area contributed by atoms with Crippen LogP contribution in [0.3, 0.4) is 0 Å². The second-order valence-corrected chi connectivity index (χ2v) is 9.60. The van der Waals surface area contributed by atoms with E-state index in [9.17, 15) is 31.5 Å². The highest BCUT2D eigenvalue weighted by atomic mass is 19.4. The van der Waals surface area contributed by atoms with Crippen molar-refractivity contribution >= 4 is 22.5 Å². The van der Waals surface area contributed by atoms with Gasteiger partial charge in [0, 0.05) is 38.1 Å². The summed E-state index contributed by atoms with van der Waals surface area (Å²) >= 11 is 0. The highest BCUT2D eigenvalue weighted by Gasteiger charge is 2.34. The SMILES string of the molecule is O=C(NCC(F)(F)F)c1ccc(N2CCN([C@H]3CC[C@@H](c4nc5ccc(F)cc5c(=O)[nH]4)C3)CC2)c(F)n1. The van der Waals surface area contributed by atoms with Gasteiger partial charge >= 0.3 is 6.18 Å². The molecule has 0 radical (unpaired) electrons. The number of halogens is 5. The van der Waals surface area contributed by atoms with Crippen molar-refractivity contribution < 1.29 is 26.7 Å². The molecule has 3 heterocycles. The van der Waals surface area contributed by atoms with Gasteiger partial charge in [0.25, 0.3) is 11.5 Å². The lowest BCUT2D eigenvalue weighted by molar-refractivity contribution is -0.123. The van der Waals surface area contributed by atoms with Gasteiger partial charge in [0.15, 0.2) is 0 Å². The zero-order valence-corrected chi connectivity index (χ0v) is 20.2. The maximum absolute atomic E-state index is 14.6. The van der Waals surface area contributed by atoms with Crippen molar-refractivity contribution in [1.82, 2.24) is 25.2 Å². The molecular weight excluding hydrogens is 511 g/mol. The molecule has 0 spiro atoms. The van der Waals surface area contributed by atoms with Crippen LogP contribution in [0.1, 0.15) is 41.5 Å². The van der Waals surface area contributed by atoms with Gasteiger partial charge in [0.2, 0.25) is 5.95 Å². The van der Waals surface area contributed by atoms with Crippen molar-refractivity contribution in [2.24, 2.45) is 0 Å². The molecule has 1 amide bonds. The topological polar surface area (TPSA) is 94.2 Å². The summed E-state index contributed by atoms with van der Waals surface area (Å²) in [5.74, 6) is -1.83. The van der Waals surface area contributed by atoms with Gasteiger partial charge < -0.3 is 15.2 Å². The molecule has 202 valence electrons. The standard InChI is InChI=1S/C25H25F5N6O2/c26-15-2-4-18-17(12-15)23(37)34-22(33-18)14-1-3-16(11-14)35-7-9-36(10-8-35)20-6-5-19(32-21(20)27)24(38)31-13-25(28,29)30/h2,4-6,12,14,16H,1,3,7-11,13H2,(H,31,38)(H,33,34,37)/t14-,16+/m1/s1. The Morgan fingerprint density at radius 3 is 2.53 bits per heavy atom. The summed E-state index contributed by atoms with van der Waals surface area (Å²) in [5.41, 5.74) is -0.130. The number of benzene rings is 1. The average Bonchev–Trinajstić information content (AvgIpc) is 3.38. The van der Waals surface area contributed by atoms with Gasteiger partial charge in [-0.2, -0.15) is 17.6 Å². The van der Waals surface area contributed by atoms with Gasteiger partial charge in [-0.3, -0.25) is 14.5 Å². The Balaban J connectivity index is 1.18. The van der Waals surface area contributed by atoms with E-state index in [2.05, 4.69) is 19.9 Å². The van der Waals surface area contributed by atoms with Crippen LogP contribution in [0.2, 0.25) is 0 Å². The van der Waals surface area contributed by atoms with E-state index in [1.165, 1.54) is 30.3 Å². The third-order valence-corrected chi connectivity index (χ3v) is 7.16. The second-order valence-electron chi connectivity index (χ2n) is 9.60. The Kier molecular flexibility index (Phi) is 7.03. The Morgan fingerprint density at radius 2 is 1.82 bits per heavy atom. The normalized spacial score (nSPS) is 20.7. The number of fused-ring (bicyclic) bond motifs is 1. The summed E-state index contributed by atoms with van der Waals surface area (Å²) in [4.78, 5) is 39.3. The number of hydrogen-bond acceptors (Lipinski definition) is 6. The van der Waals surface area contributed by atoms with E-state index in [1.54, 1.807) is 10.2 Å². The highest BCUT2D eigenvalue weighted by Crippen LogP contribution is 2.36. The predicted molar refractivity (Wildman–Crippen MR) is 129 cm³/mol. The molecule has 3 aromatic rings. The van der Waals surface area contributed by atoms with E-state index in [4.69, 9.17) is 0 Å². The molecule has 0 bridgehead atoms. The minimum absolute atomic E-state index is 0.0675. The maximum atomic E-state index is 14.6. The fraction of sp³-hybridized carbons (Fsp3) is 0.440. The molecule has 5 rings (SSSR count). The number of nitrogens with one attached hydrogen (secondary N) is 2. The molecule has 13 heteroatoms. The van der Waals surface area contributed by atoms with Crippen LogP contribution in [0, 0.1) is 11.8 Å². The summed E-state index contributed by atoms with van der Waals surface area (Å²) in [6, 6.07) is 6.80. The van der Waals surface area contributed by atoms with Crippen LogP contribution in [0.15, 0.2) is 35.1 Å². The fourth-order valence-corrected chi connectivity index (χ4v) is 5.25. The van der Waals surface area contributed by atoms with E-state index in [0.29, 0.717) is 37.5 Å². The molecule has 2 fully saturated rings. The first-order chi connectivity index (χ1) is 18.1. The summed E-state index contributed by atoms with van der Waals surface area (Å²) in [6.07, 6.45) is -2.02. The summed E-state index contributed by atoms with van der Waals surface area (Å²) in [7, 11) is 0. The highest BCUT2D eigenvalue weighted by molar-refractivity contribution is 5.92. The zero-order valence-electron chi connectivity index (χ0n) is 20.2. The Bertz CT molecular complexity index is 1400. The molecule has 1 saturated heterocycles. The number of pyridine rings is 1. The molecule has 1 aromatic carbocycles. The van der Waals surface area contributed by atoms with Crippen LogP contribution >= 0.6 is 0 Å². The quantitative estimate of drug-likeness (QED) is 0.384. The van der Waals surface area contributed by atoms with Gasteiger partial charge in [-0.05, 0) is 49.6 Å². The molecule has 1 saturated carbocycles. The number of aromatic amines is 1. The van der Waals surface area contributed by atoms with Gasteiger partial charge in [-0.25, -0.2) is 14.4 Å². The lowest BCUT2D eigenvalue weighted by Crippen LogP contribution is -2.50. The summed E-state index contributed by atoms with van der Waals surface area (Å²) < 4.78 is 65.0. The number of anilines is 1. The molecule has 38 heavy (non-hydrogen) atoms. The van der Waals surface area contributed by atoms with Crippen molar-refractivity contribution in [3.63, 3.8) is 0 Å². The first-order valence-corrected chi connectivity index (χ1v) is 12.3. The molecule has 8 nitrogen and oxygen atoms in total. The van der Waals surface area contributed by atoms with E-state index >= 15 is 0 Å². The van der Waals surface area contributed by atoms with Crippen molar-refractivity contribution in [3.05, 3.63) is 64.0 Å².